The number of methoxy groups -OCH3 is 1. The van der Waals surface area contributed by atoms with Crippen LogP contribution in [-0.2, 0) is 9.53 Å². The standard InChI is InChI=1S/C13H16N2O2/c1-10-8-11(4-3-7-14)5-6-12(10)15-13(16)9-17-2/h5-6,8H,7,9,14H2,1-2H3,(H,15,16). The van der Waals surface area contributed by atoms with Crippen molar-refractivity contribution in [3.05, 3.63) is 29.3 Å². The minimum absolute atomic E-state index is 0.0498. The number of aryl methyl sites for hydroxylation is 1. The molecule has 0 heterocycles. The number of nitrogens with two attached hydrogens (primary N) is 1. The molecule has 90 valence electrons. The Balaban J connectivity index is 2.79. The van der Waals surface area contributed by atoms with Gasteiger partial charge in [0.2, 0.25) is 5.91 Å². The quantitative estimate of drug-likeness (QED) is 0.761. The maximum Gasteiger partial charge on any atom is 0.250 e. The van der Waals surface area contributed by atoms with Gasteiger partial charge in [0, 0.05) is 18.4 Å². The van der Waals surface area contributed by atoms with Gasteiger partial charge in [-0.2, -0.15) is 0 Å². The van der Waals surface area contributed by atoms with Crippen molar-refractivity contribution in [3.63, 3.8) is 0 Å². The number of carbonyl (C=O) groups is 1. The Labute approximate surface area is 101 Å². The summed E-state index contributed by atoms with van der Waals surface area (Å²) >= 11 is 0. The molecule has 0 bridgehead atoms. The van der Waals surface area contributed by atoms with Crippen LogP contribution in [0.4, 0.5) is 5.69 Å². The maximum absolute atomic E-state index is 11.3. The van der Waals surface area contributed by atoms with Gasteiger partial charge in [-0.15, -0.1) is 0 Å². The lowest BCUT2D eigenvalue weighted by molar-refractivity contribution is -0.119. The minimum Gasteiger partial charge on any atom is -0.375 e. The normalized spacial score (nSPS) is 9.35. The van der Waals surface area contributed by atoms with Gasteiger partial charge >= 0.3 is 0 Å². The third kappa shape index (κ3) is 4.27. The number of benzene rings is 1. The molecule has 1 amide bonds. The molecule has 0 aromatic heterocycles. The van der Waals surface area contributed by atoms with Crippen LogP contribution in [0, 0.1) is 18.8 Å². The zero-order valence-electron chi connectivity index (χ0n) is 10.0. The summed E-state index contributed by atoms with van der Waals surface area (Å²) in [6.45, 7) is 2.30. The topological polar surface area (TPSA) is 64.3 Å². The number of nitrogens with one attached hydrogen (secondary N) is 1. The van der Waals surface area contributed by atoms with Crippen molar-refractivity contribution in [2.45, 2.75) is 6.92 Å². The summed E-state index contributed by atoms with van der Waals surface area (Å²) in [4.78, 5) is 11.3. The van der Waals surface area contributed by atoms with Gasteiger partial charge in [-0.05, 0) is 30.7 Å². The van der Waals surface area contributed by atoms with Gasteiger partial charge in [0.1, 0.15) is 6.61 Å². The first-order valence-corrected chi connectivity index (χ1v) is 5.25. The van der Waals surface area contributed by atoms with Crippen LogP contribution in [0.15, 0.2) is 18.2 Å². The van der Waals surface area contributed by atoms with Crippen LogP contribution < -0.4 is 11.1 Å². The Kier molecular flexibility index (Phi) is 5.21. The predicted octanol–water partition coefficient (Wildman–Crippen LogP) is 0.890. The van der Waals surface area contributed by atoms with Crippen molar-refractivity contribution in [1.82, 2.24) is 0 Å². The van der Waals surface area contributed by atoms with Gasteiger partial charge in [-0.1, -0.05) is 11.8 Å². The number of amides is 1. The molecule has 4 nitrogen and oxygen atoms in total. The second-order valence-electron chi connectivity index (χ2n) is 3.52. The predicted molar refractivity (Wildman–Crippen MR) is 67.6 cm³/mol. The second-order valence-corrected chi connectivity index (χ2v) is 3.52. The summed E-state index contributed by atoms with van der Waals surface area (Å²) in [6, 6.07) is 5.58. The van der Waals surface area contributed by atoms with E-state index in [0.29, 0.717) is 6.54 Å². The van der Waals surface area contributed by atoms with E-state index in [0.717, 1.165) is 16.8 Å². The lowest BCUT2D eigenvalue weighted by Gasteiger charge is -2.08. The first kappa shape index (κ1) is 13.2. The molecule has 0 fully saturated rings. The van der Waals surface area contributed by atoms with E-state index in [2.05, 4.69) is 17.2 Å². The van der Waals surface area contributed by atoms with Gasteiger partial charge in [0.25, 0.3) is 0 Å². The van der Waals surface area contributed by atoms with E-state index in [1.54, 1.807) is 0 Å². The summed E-state index contributed by atoms with van der Waals surface area (Å²) in [5, 5.41) is 2.76. The fourth-order valence-electron chi connectivity index (χ4n) is 1.35. The third-order valence-corrected chi connectivity index (χ3v) is 2.11. The molecular formula is C13H16N2O2. The number of hydrogen-bond acceptors (Lipinski definition) is 3. The highest BCUT2D eigenvalue weighted by atomic mass is 16.5. The monoisotopic (exact) mass is 232 g/mol. The smallest absolute Gasteiger partial charge is 0.250 e. The largest absolute Gasteiger partial charge is 0.375 e. The van der Waals surface area contributed by atoms with E-state index >= 15 is 0 Å². The average Bonchev–Trinajstić information content (AvgIpc) is 2.30. The van der Waals surface area contributed by atoms with Crippen molar-refractivity contribution < 1.29 is 9.53 Å². The lowest BCUT2D eigenvalue weighted by atomic mass is 10.1. The van der Waals surface area contributed by atoms with Gasteiger partial charge in [-0.3, -0.25) is 4.79 Å². The van der Waals surface area contributed by atoms with E-state index in [-0.39, 0.29) is 12.5 Å². The average molecular weight is 232 g/mol. The Hall–Kier alpha value is -1.83. The molecule has 1 aromatic carbocycles. The maximum atomic E-state index is 11.3. The van der Waals surface area contributed by atoms with E-state index < -0.39 is 0 Å². The summed E-state index contributed by atoms with van der Waals surface area (Å²) in [5.41, 5.74) is 7.91. The molecule has 0 atom stereocenters. The van der Waals surface area contributed by atoms with E-state index in [1.807, 2.05) is 25.1 Å². The Bertz CT molecular complexity index is 458. The Morgan fingerprint density at radius 1 is 1.53 bits per heavy atom. The van der Waals surface area contributed by atoms with Crippen LogP contribution in [0.5, 0.6) is 0 Å². The molecule has 17 heavy (non-hydrogen) atoms. The number of carbonyl (C=O) groups excluding carboxylic acids is 1. The van der Waals surface area contributed by atoms with Crippen molar-refractivity contribution in [3.8, 4) is 11.8 Å². The summed E-state index contributed by atoms with van der Waals surface area (Å²) in [7, 11) is 1.48. The van der Waals surface area contributed by atoms with E-state index in [9.17, 15) is 4.79 Å². The number of rotatable bonds is 3. The Morgan fingerprint density at radius 3 is 2.88 bits per heavy atom. The molecule has 1 aromatic rings. The van der Waals surface area contributed by atoms with Crippen molar-refractivity contribution >= 4 is 11.6 Å². The van der Waals surface area contributed by atoms with Crippen LogP contribution in [0.1, 0.15) is 11.1 Å². The minimum atomic E-state index is -0.170. The highest BCUT2D eigenvalue weighted by Gasteiger charge is 2.04. The highest BCUT2D eigenvalue weighted by molar-refractivity contribution is 5.92. The molecule has 0 radical (unpaired) electrons. The lowest BCUT2D eigenvalue weighted by Crippen LogP contribution is -2.17. The van der Waals surface area contributed by atoms with Crippen LogP contribution in [-0.4, -0.2) is 26.2 Å². The van der Waals surface area contributed by atoms with Crippen molar-refractivity contribution in [2.24, 2.45) is 5.73 Å². The van der Waals surface area contributed by atoms with Gasteiger partial charge in [0.05, 0.1) is 6.54 Å². The molecular weight excluding hydrogens is 216 g/mol. The Morgan fingerprint density at radius 2 is 2.29 bits per heavy atom. The van der Waals surface area contributed by atoms with E-state index in [1.165, 1.54) is 7.11 Å². The first-order valence-electron chi connectivity index (χ1n) is 5.25. The molecule has 3 N–H and O–H groups in total. The SMILES string of the molecule is COCC(=O)Nc1ccc(C#CCN)cc1C. The number of anilines is 1. The molecule has 0 aliphatic heterocycles. The molecule has 0 aliphatic carbocycles. The summed E-state index contributed by atoms with van der Waals surface area (Å²) in [6.07, 6.45) is 0. The number of ether oxygens (including phenoxy) is 1. The van der Waals surface area contributed by atoms with Crippen molar-refractivity contribution in [1.29, 1.82) is 0 Å². The third-order valence-electron chi connectivity index (χ3n) is 2.11. The molecule has 1 rings (SSSR count). The fourth-order valence-corrected chi connectivity index (χ4v) is 1.35. The molecule has 0 unspecified atom stereocenters. The summed E-state index contributed by atoms with van der Waals surface area (Å²) < 4.78 is 4.74. The second kappa shape index (κ2) is 6.69. The van der Waals surface area contributed by atoms with Gasteiger partial charge in [0.15, 0.2) is 0 Å². The molecule has 4 heteroatoms. The van der Waals surface area contributed by atoms with Gasteiger partial charge in [-0.25, -0.2) is 0 Å². The molecule has 0 saturated heterocycles. The zero-order chi connectivity index (χ0) is 12.7. The van der Waals surface area contributed by atoms with Crippen LogP contribution in [0.3, 0.4) is 0 Å². The first-order chi connectivity index (χ1) is 8.17. The van der Waals surface area contributed by atoms with Crippen LogP contribution in [0.2, 0.25) is 0 Å². The molecule has 0 spiro atoms. The molecule has 0 saturated carbocycles. The highest BCUT2D eigenvalue weighted by Crippen LogP contribution is 2.15. The van der Waals surface area contributed by atoms with E-state index in [4.69, 9.17) is 10.5 Å². The van der Waals surface area contributed by atoms with Gasteiger partial charge < -0.3 is 15.8 Å². The zero-order valence-corrected chi connectivity index (χ0v) is 10.0. The van der Waals surface area contributed by atoms with Crippen molar-refractivity contribution in [2.75, 3.05) is 25.6 Å². The molecule has 0 aliphatic rings. The fraction of sp³-hybridized carbons (Fsp3) is 0.308. The van der Waals surface area contributed by atoms with Crippen LogP contribution in [0.25, 0.3) is 0 Å². The summed E-state index contributed by atoms with van der Waals surface area (Å²) in [5.74, 6) is 5.55. The number of hydrogen-bond donors (Lipinski definition) is 2. The van der Waals surface area contributed by atoms with Crippen LogP contribution >= 0.6 is 0 Å².